The van der Waals surface area contributed by atoms with Crippen molar-refractivity contribution in [2.24, 2.45) is 0 Å². The quantitative estimate of drug-likeness (QED) is 0.866. The van der Waals surface area contributed by atoms with Crippen molar-refractivity contribution in [3.63, 3.8) is 0 Å². The maximum atomic E-state index is 12.7. The highest BCUT2D eigenvalue weighted by molar-refractivity contribution is 6.02. The zero-order valence-corrected chi connectivity index (χ0v) is 10.9. The van der Waals surface area contributed by atoms with Crippen molar-refractivity contribution in [3.05, 3.63) is 29.8 Å². The van der Waals surface area contributed by atoms with E-state index in [0.717, 1.165) is 37.1 Å². The van der Waals surface area contributed by atoms with Crippen LogP contribution in [0.15, 0.2) is 24.3 Å². The monoisotopic (exact) mass is 244 g/mol. The third-order valence-electron chi connectivity index (χ3n) is 4.16. The van der Waals surface area contributed by atoms with Crippen molar-refractivity contribution in [3.8, 4) is 0 Å². The van der Waals surface area contributed by atoms with E-state index in [1.807, 2.05) is 24.3 Å². The third kappa shape index (κ3) is 1.61. The molecule has 0 aromatic heterocycles. The molecule has 1 aromatic carbocycles. The van der Waals surface area contributed by atoms with Crippen LogP contribution >= 0.6 is 0 Å². The molecule has 3 heteroatoms. The number of carbonyl (C=O) groups excluding carboxylic acids is 1. The summed E-state index contributed by atoms with van der Waals surface area (Å²) in [5.41, 5.74) is 1.72. The van der Waals surface area contributed by atoms with Crippen molar-refractivity contribution in [2.45, 2.75) is 44.7 Å². The Balaban J connectivity index is 2.04. The van der Waals surface area contributed by atoms with Gasteiger partial charge in [-0.2, -0.15) is 0 Å². The molecular weight excluding hydrogens is 224 g/mol. The normalized spacial score (nSPS) is 20.9. The van der Waals surface area contributed by atoms with E-state index in [9.17, 15) is 4.79 Å². The highest BCUT2D eigenvalue weighted by Crippen LogP contribution is 2.41. The first-order valence-corrected chi connectivity index (χ1v) is 6.96. The Kier molecular flexibility index (Phi) is 2.77. The maximum absolute atomic E-state index is 12.7. The lowest BCUT2D eigenvalue weighted by molar-refractivity contribution is 0.0517. The Morgan fingerprint density at radius 2 is 2.00 bits per heavy atom. The first-order chi connectivity index (χ1) is 8.77. The molecule has 1 spiro atoms. The molecule has 1 amide bonds. The number of nitrogens with zero attached hydrogens (tertiary/aromatic N) is 1. The fraction of sp³-hybridized carbons (Fsp3) is 0.533. The van der Waals surface area contributed by atoms with Crippen LogP contribution in [0.25, 0.3) is 0 Å². The summed E-state index contributed by atoms with van der Waals surface area (Å²) in [5, 5.41) is 3.64. The van der Waals surface area contributed by atoms with Crippen molar-refractivity contribution in [1.82, 2.24) is 4.90 Å². The summed E-state index contributed by atoms with van der Waals surface area (Å²) >= 11 is 0. The van der Waals surface area contributed by atoms with E-state index in [1.165, 1.54) is 12.8 Å². The van der Waals surface area contributed by atoms with E-state index in [4.69, 9.17) is 0 Å². The summed E-state index contributed by atoms with van der Waals surface area (Å²) in [7, 11) is 0. The summed E-state index contributed by atoms with van der Waals surface area (Å²) in [6.45, 7) is 2.98. The minimum Gasteiger partial charge on any atom is -0.362 e. The summed E-state index contributed by atoms with van der Waals surface area (Å²) in [6.07, 6.45) is 5.59. The van der Waals surface area contributed by atoms with Crippen LogP contribution in [-0.4, -0.2) is 23.0 Å². The average molecular weight is 244 g/mol. The number of amides is 1. The largest absolute Gasteiger partial charge is 0.362 e. The second kappa shape index (κ2) is 4.30. The number of fused-ring (bicyclic) bond motifs is 1. The van der Waals surface area contributed by atoms with Gasteiger partial charge in [0.1, 0.15) is 5.66 Å². The molecule has 0 atom stereocenters. The molecule has 3 nitrogen and oxygen atoms in total. The van der Waals surface area contributed by atoms with Crippen molar-refractivity contribution < 1.29 is 4.79 Å². The number of hydrogen-bond donors (Lipinski definition) is 1. The molecule has 1 heterocycles. The molecule has 2 aliphatic rings. The Bertz CT molecular complexity index is 463. The highest BCUT2D eigenvalue weighted by atomic mass is 16.2. The van der Waals surface area contributed by atoms with Gasteiger partial charge in [-0.3, -0.25) is 4.79 Å². The lowest BCUT2D eigenvalue weighted by Crippen LogP contribution is -2.58. The van der Waals surface area contributed by atoms with Crippen LogP contribution in [0.3, 0.4) is 0 Å². The molecule has 18 heavy (non-hydrogen) atoms. The second-order valence-corrected chi connectivity index (χ2v) is 5.37. The number of benzene rings is 1. The number of nitrogens with one attached hydrogen (secondary N) is 1. The van der Waals surface area contributed by atoms with Gasteiger partial charge in [0.2, 0.25) is 0 Å². The number of para-hydroxylation sites is 1. The molecule has 0 radical (unpaired) electrons. The average Bonchev–Trinajstić information content (AvgIpc) is 2.84. The van der Waals surface area contributed by atoms with Crippen molar-refractivity contribution >= 4 is 11.6 Å². The highest BCUT2D eigenvalue weighted by Gasteiger charge is 2.45. The lowest BCUT2D eigenvalue weighted by Gasteiger charge is -2.46. The first kappa shape index (κ1) is 11.6. The summed E-state index contributed by atoms with van der Waals surface area (Å²) in [6, 6.07) is 7.89. The number of anilines is 1. The molecule has 1 fully saturated rings. The van der Waals surface area contributed by atoms with Crippen LogP contribution in [0.1, 0.15) is 49.4 Å². The molecule has 1 aliphatic heterocycles. The fourth-order valence-electron chi connectivity index (χ4n) is 3.33. The van der Waals surface area contributed by atoms with Crippen LogP contribution in [-0.2, 0) is 0 Å². The number of hydrogen-bond acceptors (Lipinski definition) is 2. The molecule has 96 valence electrons. The molecule has 0 bridgehead atoms. The van der Waals surface area contributed by atoms with E-state index >= 15 is 0 Å². The zero-order chi connectivity index (χ0) is 12.6. The van der Waals surface area contributed by atoms with Gasteiger partial charge in [-0.25, -0.2) is 0 Å². The zero-order valence-electron chi connectivity index (χ0n) is 10.9. The van der Waals surface area contributed by atoms with Gasteiger partial charge in [0.05, 0.1) is 5.56 Å². The van der Waals surface area contributed by atoms with Gasteiger partial charge < -0.3 is 10.2 Å². The topological polar surface area (TPSA) is 32.3 Å². The molecular formula is C15H20N2O. The minimum atomic E-state index is -0.110. The van der Waals surface area contributed by atoms with Gasteiger partial charge in [0.15, 0.2) is 0 Å². The van der Waals surface area contributed by atoms with Crippen molar-refractivity contribution in [2.75, 3.05) is 11.9 Å². The van der Waals surface area contributed by atoms with Gasteiger partial charge in [-0.1, -0.05) is 19.1 Å². The van der Waals surface area contributed by atoms with E-state index in [0.29, 0.717) is 0 Å². The SMILES string of the molecule is CCCN1C(=O)c2ccccc2NC12CCCC2. The van der Waals surface area contributed by atoms with Crippen molar-refractivity contribution in [1.29, 1.82) is 0 Å². The van der Waals surface area contributed by atoms with E-state index in [1.54, 1.807) is 0 Å². The Labute approximate surface area is 108 Å². The van der Waals surface area contributed by atoms with Gasteiger partial charge in [-0.15, -0.1) is 0 Å². The van der Waals surface area contributed by atoms with Crippen LogP contribution in [0.5, 0.6) is 0 Å². The second-order valence-electron chi connectivity index (χ2n) is 5.37. The predicted molar refractivity (Wildman–Crippen MR) is 72.6 cm³/mol. The maximum Gasteiger partial charge on any atom is 0.257 e. The van der Waals surface area contributed by atoms with Crippen LogP contribution < -0.4 is 5.32 Å². The summed E-state index contributed by atoms with van der Waals surface area (Å²) in [4.78, 5) is 14.7. The van der Waals surface area contributed by atoms with Gasteiger partial charge in [-0.05, 0) is 44.2 Å². The molecule has 1 aliphatic carbocycles. The summed E-state index contributed by atoms with van der Waals surface area (Å²) < 4.78 is 0. The molecule has 3 rings (SSSR count). The third-order valence-corrected chi connectivity index (χ3v) is 4.16. The predicted octanol–water partition coefficient (Wildman–Crippen LogP) is 3.23. The number of carbonyl (C=O) groups is 1. The standard InChI is InChI=1S/C15H20N2O/c1-2-11-17-14(18)12-7-3-4-8-13(12)16-15(17)9-5-6-10-15/h3-4,7-8,16H,2,5-6,9-11H2,1H3. The first-order valence-electron chi connectivity index (χ1n) is 6.96. The van der Waals surface area contributed by atoms with E-state index in [-0.39, 0.29) is 11.6 Å². The lowest BCUT2D eigenvalue weighted by atomic mass is 9.97. The molecule has 1 saturated carbocycles. The molecule has 0 saturated heterocycles. The van der Waals surface area contributed by atoms with Crippen LogP contribution in [0.4, 0.5) is 5.69 Å². The molecule has 1 aromatic rings. The van der Waals surface area contributed by atoms with Gasteiger partial charge in [0, 0.05) is 12.2 Å². The van der Waals surface area contributed by atoms with Gasteiger partial charge in [0.25, 0.3) is 5.91 Å². The minimum absolute atomic E-state index is 0.110. The molecule has 1 N–H and O–H groups in total. The number of rotatable bonds is 2. The van der Waals surface area contributed by atoms with Gasteiger partial charge >= 0.3 is 0 Å². The van der Waals surface area contributed by atoms with E-state index in [2.05, 4.69) is 17.1 Å². The van der Waals surface area contributed by atoms with E-state index < -0.39 is 0 Å². The molecule has 0 unspecified atom stereocenters. The summed E-state index contributed by atoms with van der Waals surface area (Å²) in [5.74, 6) is 0.202. The Morgan fingerprint density at radius 1 is 1.28 bits per heavy atom. The Morgan fingerprint density at radius 3 is 2.72 bits per heavy atom. The van der Waals surface area contributed by atoms with Crippen LogP contribution in [0.2, 0.25) is 0 Å². The fourth-order valence-corrected chi connectivity index (χ4v) is 3.33. The Hall–Kier alpha value is -1.51. The van der Waals surface area contributed by atoms with Crippen LogP contribution in [0, 0.1) is 0 Å². The smallest absolute Gasteiger partial charge is 0.257 e.